The number of nitrogen functional groups attached to an aromatic ring is 1. The number of nitrogens with one attached hydrogen (secondary N) is 2. The topological polar surface area (TPSA) is 110 Å². The first-order valence-corrected chi connectivity index (χ1v) is 3.92. The van der Waals surface area contributed by atoms with Crippen LogP contribution in [-0.4, -0.2) is 22.5 Å². The van der Waals surface area contributed by atoms with Crippen molar-refractivity contribution in [1.82, 2.24) is 9.97 Å². The fourth-order valence-electron chi connectivity index (χ4n) is 0.822. The molecule has 0 spiro atoms. The summed E-state index contributed by atoms with van der Waals surface area (Å²) in [5.41, 5.74) is 1.41. The molecule has 1 rings (SSSR count). The van der Waals surface area contributed by atoms with Gasteiger partial charge in [0.2, 0.25) is 5.95 Å². The van der Waals surface area contributed by atoms with Crippen LogP contribution in [0.2, 0.25) is 0 Å². The van der Waals surface area contributed by atoms with Crippen LogP contribution in [0.15, 0.2) is 11.0 Å². The molecule has 0 bridgehead atoms. The highest BCUT2D eigenvalue weighted by Gasteiger charge is 2.11. The van der Waals surface area contributed by atoms with Gasteiger partial charge in [-0.2, -0.15) is 0 Å². The zero-order chi connectivity index (χ0) is 10.6. The number of H-pyrrole nitrogens is 1. The molecule has 0 amide bonds. The second-order valence-corrected chi connectivity index (χ2v) is 2.34. The Morgan fingerprint density at radius 3 is 3.00 bits per heavy atom. The van der Waals surface area contributed by atoms with Crippen LogP contribution in [0.4, 0.5) is 5.95 Å². The van der Waals surface area contributed by atoms with Crippen LogP contribution in [0.5, 0.6) is 0 Å². The van der Waals surface area contributed by atoms with Crippen molar-refractivity contribution in [2.75, 3.05) is 12.0 Å². The van der Waals surface area contributed by atoms with Crippen LogP contribution in [0.1, 0.15) is 17.3 Å². The van der Waals surface area contributed by atoms with Crippen molar-refractivity contribution in [3.63, 3.8) is 0 Å². The average molecular weight is 198 g/mol. The van der Waals surface area contributed by atoms with Gasteiger partial charge >= 0.3 is 5.97 Å². The van der Waals surface area contributed by atoms with E-state index >= 15 is 0 Å². The van der Waals surface area contributed by atoms with Crippen LogP contribution >= 0.6 is 0 Å². The van der Waals surface area contributed by atoms with Crippen LogP contribution in [-0.2, 0) is 4.74 Å². The summed E-state index contributed by atoms with van der Waals surface area (Å²) in [5.74, 6) is 4.39. The fourth-order valence-corrected chi connectivity index (χ4v) is 0.822. The molecule has 1 aromatic rings. The first kappa shape index (κ1) is 10.2. The molecule has 0 unspecified atom stereocenters. The Bertz CT molecular complexity index is 387. The number of hydrogen-bond acceptors (Lipinski definition) is 6. The molecule has 0 aliphatic rings. The summed E-state index contributed by atoms with van der Waals surface area (Å²) in [6, 6.07) is 0. The molecule has 14 heavy (non-hydrogen) atoms. The number of hydrogen-bond donors (Lipinski definition) is 3. The molecule has 76 valence electrons. The van der Waals surface area contributed by atoms with Crippen molar-refractivity contribution in [1.29, 1.82) is 0 Å². The highest BCUT2D eigenvalue weighted by atomic mass is 16.5. The standard InChI is InChI=1S/C7H10N4O3/c1-2-14-6(13)4-3-9-7(11-8)10-5(4)12/h3H,2,8H2,1H3,(H2,9,10,11,12). The maximum absolute atomic E-state index is 11.2. The lowest BCUT2D eigenvalue weighted by molar-refractivity contribution is 0.0524. The van der Waals surface area contributed by atoms with Gasteiger partial charge in [0.25, 0.3) is 5.56 Å². The van der Waals surface area contributed by atoms with E-state index in [0.717, 1.165) is 6.20 Å². The summed E-state index contributed by atoms with van der Waals surface area (Å²) in [7, 11) is 0. The van der Waals surface area contributed by atoms with Crippen LogP contribution in [0.25, 0.3) is 0 Å². The zero-order valence-electron chi connectivity index (χ0n) is 7.53. The molecule has 0 fully saturated rings. The summed E-state index contributed by atoms with van der Waals surface area (Å²) >= 11 is 0. The Hall–Kier alpha value is -1.89. The Morgan fingerprint density at radius 2 is 2.50 bits per heavy atom. The maximum atomic E-state index is 11.2. The van der Waals surface area contributed by atoms with E-state index in [0.29, 0.717) is 0 Å². The minimum atomic E-state index is -0.704. The van der Waals surface area contributed by atoms with Gasteiger partial charge in [-0.15, -0.1) is 0 Å². The third-order valence-corrected chi connectivity index (χ3v) is 1.43. The SMILES string of the molecule is CCOC(=O)c1cnc(NN)[nH]c1=O. The molecular formula is C7H10N4O3. The van der Waals surface area contributed by atoms with Crippen LogP contribution in [0, 0.1) is 0 Å². The van der Waals surface area contributed by atoms with Gasteiger partial charge in [-0.05, 0) is 6.92 Å². The smallest absolute Gasteiger partial charge is 0.345 e. The Kier molecular flexibility index (Phi) is 3.19. The molecule has 7 heteroatoms. The predicted octanol–water partition coefficient (Wildman–Crippen LogP) is -0.768. The minimum Gasteiger partial charge on any atom is -0.462 e. The number of anilines is 1. The Morgan fingerprint density at radius 1 is 1.79 bits per heavy atom. The zero-order valence-corrected chi connectivity index (χ0v) is 7.53. The van der Waals surface area contributed by atoms with Gasteiger partial charge in [0, 0.05) is 0 Å². The highest BCUT2D eigenvalue weighted by Crippen LogP contribution is 1.95. The molecule has 0 saturated carbocycles. The second-order valence-electron chi connectivity index (χ2n) is 2.34. The third kappa shape index (κ3) is 2.07. The van der Waals surface area contributed by atoms with Crippen molar-refractivity contribution < 1.29 is 9.53 Å². The molecule has 0 aromatic carbocycles. The van der Waals surface area contributed by atoms with Gasteiger partial charge in [0.1, 0.15) is 5.56 Å². The number of aromatic nitrogens is 2. The first-order valence-electron chi connectivity index (χ1n) is 3.92. The van der Waals surface area contributed by atoms with E-state index in [1.165, 1.54) is 0 Å². The van der Waals surface area contributed by atoms with E-state index in [4.69, 9.17) is 5.84 Å². The maximum Gasteiger partial charge on any atom is 0.345 e. The minimum absolute atomic E-state index is 0.0862. The number of rotatable bonds is 3. The first-order chi connectivity index (χ1) is 6.69. The molecule has 0 radical (unpaired) electrons. The molecule has 0 aliphatic heterocycles. The lowest BCUT2D eigenvalue weighted by Crippen LogP contribution is -2.23. The molecular weight excluding hydrogens is 188 g/mol. The lowest BCUT2D eigenvalue weighted by atomic mass is 10.3. The molecule has 1 heterocycles. The fraction of sp³-hybridized carbons (Fsp3) is 0.286. The highest BCUT2D eigenvalue weighted by molar-refractivity contribution is 5.88. The van der Waals surface area contributed by atoms with Gasteiger partial charge in [0.05, 0.1) is 12.8 Å². The normalized spacial score (nSPS) is 9.57. The quantitative estimate of drug-likeness (QED) is 0.334. The van der Waals surface area contributed by atoms with Crippen LogP contribution in [0.3, 0.4) is 0 Å². The third-order valence-electron chi connectivity index (χ3n) is 1.43. The number of carbonyl (C=O) groups excluding carboxylic acids is 1. The van der Waals surface area contributed by atoms with E-state index in [1.54, 1.807) is 6.92 Å². The van der Waals surface area contributed by atoms with E-state index in [1.807, 2.05) is 0 Å². The van der Waals surface area contributed by atoms with E-state index in [2.05, 4.69) is 20.1 Å². The number of hydrazine groups is 1. The molecule has 0 atom stereocenters. The Labute approximate surface area is 79.3 Å². The monoisotopic (exact) mass is 198 g/mol. The van der Waals surface area contributed by atoms with Crippen molar-refractivity contribution >= 4 is 11.9 Å². The Balaban J connectivity index is 3.00. The van der Waals surface area contributed by atoms with Gasteiger partial charge in [-0.1, -0.05) is 0 Å². The van der Waals surface area contributed by atoms with Gasteiger partial charge in [-0.25, -0.2) is 15.6 Å². The number of carbonyl (C=O) groups is 1. The largest absolute Gasteiger partial charge is 0.462 e. The molecule has 7 nitrogen and oxygen atoms in total. The molecule has 4 N–H and O–H groups in total. The van der Waals surface area contributed by atoms with E-state index < -0.39 is 11.5 Å². The summed E-state index contributed by atoms with van der Waals surface area (Å²) in [4.78, 5) is 28.3. The number of aromatic amines is 1. The molecule has 0 aliphatic carbocycles. The van der Waals surface area contributed by atoms with Gasteiger partial charge < -0.3 is 4.74 Å². The van der Waals surface area contributed by atoms with E-state index in [9.17, 15) is 9.59 Å². The van der Waals surface area contributed by atoms with Crippen molar-refractivity contribution in [2.24, 2.45) is 5.84 Å². The number of nitrogens with two attached hydrogens (primary N) is 1. The summed E-state index contributed by atoms with van der Waals surface area (Å²) in [6.45, 7) is 1.85. The van der Waals surface area contributed by atoms with E-state index in [-0.39, 0.29) is 18.1 Å². The lowest BCUT2D eigenvalue weighted by Gasteiger charge is -2.01. The second kappa shape index (κ2) is 4.38. The van der Waals surface area contributed by atoms with Gasteiger partial charge in [-0.3, -0.25) is 15.2 Å². The number of ether oxygens (including phenoxy) is 1. The summed E-state index contributed by atoms with van der Waals surface area (Å²) in [6.07, 6.45) is 1.10. The summed E-state index contributed by atoms with van der Waals surface area (Å²) in [5, 5.41) is 0. The van der Waals surface area contributed by atoms with Gasteiger partial charge in [0.15, 0.2) is 0 Å². The van der Waals surface area contributed by atoms with Crippen molar-refractivity contribution in [2.45, 2.75) is 6.92 Å². The number of nitrogens with zero attached hydrogens (tertiary/aromatic N) is 1. The van der Waals surface area contributed by atoms with Crippen molar-refractivity contribution in [3.8, 4) is 0 Å². The number of esters is 1. The van der Waals surface area contributed by atoms with Crippen molar-refractivity contribution in [3.05, 3.63) is 22.1 Å². The predicted molar refractivity (Wildman–Crippen MR) is 48.6 cm³/mol. The van der Waals surface area contributed by atoms with Crippen LogP contribution < -0.4 is 16.8 Å². The molecule has 0 saturated heterocycles. The summed E-state index contributed by atoms with van der Waals surface area (Å²) < 4.78 is 4.63. The molecule has 1 aromatic heterocycles. The average Bonchev–Trinajstić information content (AvgIpc) is 2.17.